The fraction of sp³-hybridized carbons (Fsp3) is 0.800. The summed E-state index contributed by atoms with van der Waals surface area (Å²) in [5, 5.41) is 19.8. The first kappa shape index (κ1) is 13.7. The van der Waals surface area contributed by atoms with Gasteiger partial charge in [-0.2, -0.15) is 0 Å². The zero-order chi connectivity index (χ0) is 13.1. The lowest BCUT2D eigenvalue weighted by molar-refractivity contribution is -0.146. The van der Waals surface area contributed by atoms with Gasteiger partial charge in [0.1, 0.15) is 0 Å². The summed E-state index contributed by atoms with van der Waals surface area (Å²) >= 11 is 0. The van der Waals surface area contributed by atoms with Crippen molar-refractivity contribution in [3.05, 3.63) is 0 Å². The molecule has 0 bridgehead atoms. The quantitative estimate of drug-likeness (QED) is 0.608. The smallest absolute Gasteiger partial charge is 0.334 e. The molecular formula is C10H18N2O5. The van der Waals surface area contributed by atoms with E-state index < -0.39 is 17.7 Å². The van der Waals surface area contributed by atoms with Crippen LogP contribution in [0.2, 0.25) is 0 Å². The standard InChI is InChI=1S/C10H18N2O5/c1-10(2)6-12(3-4-17-10)9(16)11-5-7(13)8(14)15/h7,13H,3-6H2,1-2H3,(H,11,16)(H,14,15)/t7-/m0/s1. The van der Waals surface area contributed by atoms with Gasteiger partial charge in [-0.15, -0.1) is 0 Å². The number of hydrogen-bond donors (Lipinski definition) is 3. The minimum atomic E-state index is -1.58. The van der Waals surface area contributed by atoms with Crippen LogP contribution >= 0.6 is 0 Å². The number of ether oxygens (including phenoxy) is 1. The Balaban J connectivity index is 2.40. The maximum absolute atomic E-state index is 11.7. The molecule has 7 nitrogen and oxygen atoms in total. The van der Waals surface area contributed by atoms with Crippen molar-refractivity contribution < 1.29 is 24.5 Å². The molecule has 1 fully saturated rings. The molecule has 1 heterocycles. The van der Waals surface area contributed by atoms with Gasteiger partial charge in [0.05, 0.1) is 25.3 Å². The number of amides is 2. The molecule has 0 radical (unpaired) electrons. The number of aliphatic carboxylic acids is 1. The Hall–Kier alpha value is -1.34. The monoisotopic (exact) mass is 246 g/mol. The van der Waals surface area contributed by atoms with E-state index in [2.05, 4.69) is 5.32 Å². The fourth-order valence-corrected chi connectivity index (χ4v) is 1.57. The lowest BCUT2D eigenvalue weighted by Crippen LogP contribution is -2.54. The molecule has 1 aliphatic heterocycles. The van der Waals surface area contributed by atoms with Crippen LogP contribution in [0.1, 0.15) is 13.8 Å². The molecule has 1 aliphatic rings. The average molecular weight is 246 g/mol. The van der Waals surface area contributed by atoms with Gasteiger partial charge < -0.3 is 25.2 Å². The maximum atomic E-state index is 11.7. The summed E-state index contributed by atoms with van der Waals surface area (Å²) in [7, 11) is 0. The van der Waals surface area contributed by atoms with Crippen LogP contribution in [-0.4, -0.2) is 65.1 Å². The van der Waals surface area contributed by atoms with E-state index in [4.69, 9.17) is 14.9 Å². The van der Waals surface area contributed by atoms with Crippen LogP contribution in [0.15, 0.2) is 0 Å². The highest BCUT2D eigenvalue weighted by atomic mass is 16.5. The summed E-state index contributed by atoms with van der Waals surface area (Å²) in [6, 6.07) is -0.387. The van der Waals surface area contributed by atoms with Gasteiger partial charge in [0.15, 0.2) is 6.10 Å². The van der Waals surface area contributed by atoms with Gasteiger partial charge in [0.25, 0.3) is 0 Å². The fourth-order valence-electron chi connectivity index (χ4n) is 1.57. The van der Waals surface area contributed by atoms with E-state index in [0.717, 1.165) is 0 Å². The molecular weight excluding hydrogens is 228 g/mol. The Morgan fingerprint density at radius 2 is 2.18 bits per heavy atom. The predicted octanol–water partition coefficient (Wildman–Crippen LogP) is -0.748. The minimum Gasteiger partial charge on any atom is -0.479 e. The van der Waals surface area contributed by atoms with E-state index in [0.29, 0.717) is 19.7 Å². The topological polar surface area (TPSA) is 99.1 Å². The maximum Gasteiger partial charge on any atom is 0.334 e. The molecule has 0 aromatic rings. The molecule has 0 aromatic carbocycles. The minimum absolute atomic E-state index is 0.300. The van der Waals surface area contributed by atoms with E-state index >= 15 is 0 Å². The van der Waals surface area contributed by atoms with Crippen LogP contribution in [0.4, 0.5) is 4.79 Å². The van der Waals surface area contributed by atoms with Crippen molar-refractivity contribution in [1.82, 2.24) is 10.2 Å². The van der Waals surface area contributed by atoms with Gasteiger partial charge in [-0.1, -0.05) is 0 Å². The largest absolute Gasteiger partial charge is 0.479 e. The van der Waals surface area contributed by atoms with E-state index in [9.17, 15) is 9.59 Å². The average Bonchev–Trinajstić information content (AvgIpc) is 2.23. The first-order valence-electron chi connectivity index (χ1n) is 5.39. The molecule has 2 amide bonds. The van der Waals surface area contributed by atoms with E-state index in [-0.39, 0.29) is 12.6 Å². The highest BCUT2D eigenvalue weighted by Gasteiger charge is 2.30. The van der Waals surface area contributed by atoms with Crippen molar-refractivity contribution in [3.8, 4) is 0 Å². The Bertz CT molecular complexity index is 305. The zero-order valence-corrected chi connectivity index (χ0v) is 9.97. The Morgan fingerprint density at radius 3 is 2.71 bits per heavy atom. The number of nitrogens with one attached hydrogen (secondary N) is 1. The highest BCUT2D eigenvalue weighted by molar-refractivity contribution is 5.76. The molecule has 17 heavy (non-hydrogen) atoms. The van der Waals surface area contributed by atoms with E-state index in [1.54, 1.807) is 0 Å². The molecule has 0 aliphatic carbocycles. The summed E-state index contributed by atoms with van der Waals surface area (Å²) in [4.78, 5) is 23.6. The number of carbonyl (C=O) groups is 2. The van der Waals surface area contributed by atoms with Gasteiger partial charge in [0.2, 0.25) is 0 Å². The summed E-state index contributed by atoms with van der Waals surface area (Å²) in [5.74, 6) is -1.35. The molecule has 3 N–H and O–H groups in total. The first-order valence-corrected chi connectivity index (χ1v) is 5.39. The number of morpholine rings is 1. The van der Waals surface area contributed by atoms with Crippen LogP contribution < -0.4 is 5.32 Å². The molecule has 7 heteroatoms. The molecule has 0 saturated carbocycles. The third-order valence-electron chi connectivity index (χ3n) is 2.44. The summed E-state index contributed by atoms with van der Waals surface area (Å²) in [6.45, 7) is 4.78. The van der Waals surface area contributed by atoms with E-state index in [1.807, 2.05) is 13.8 Å². The van der Waals surface area contributed by atoms with Crippen molar-refractivity contribution in [3.63, 3.8) is 0 Å². The van der Waals surface area contributed by atoms with Crippen molar-refractivity contribution in [2.24, 2.45) is 0 Å². The number of carbonyl (C=O) groups excluding carboxylic acids is 1. The van der Waals surface area contributed by atoms with Gasteiger partial charge in [-0.3, -0.25) is 0 Å². The molecule has 0 spiro atoms. The van der Waals surface area contributed by atoms with Gasteiger partial charge in [-0.05, 0) is 13.8 Å². The van der Waals surface area contributed by atoms with Crippen LogP contribution in [0.25, 0.3) is 0 Å². The van der Waals surface area contributed by atoms with Crippen molar-refractivity contribution >= 4 is 12.0 Å². The molecule has 1 atom stereocenters. The second kappa shape index (κ2) is 5.33. The van der Waals surface area contributed by atoms with Crippen molar-refractivity contribution in [2.45, 2.75) is 25.6 Å². The van der Waals surface area contributed by atoms with Gasteiger partial charge in [0, 0.05) is 6.54 Å². The third-order valence-corrected chi connectivity index (χ3v) is 2.44. The normalized spacial score (nSPS) is 20.8. The predicted molar refractivity (Wildman–Crippen MR) is 58.6 cm³/mol. The van der Waals surface area contributed by atoms with Crippen LogP contribution in [0.5, 0.6) is 0 Å². The van der Waals surface area contributed by atoms with Crippen molar-refractivity contribution in [2.75, 3.05) is 26.2 Å². The van der Waals surface area contributed by atoms with E-state index in [1.165, 1.54) is 4.90 Å². The van der Waals surface area contributed by atoms with Gasteiger partial charge >= 0.3 is 12.0 Å². The number of aliphatic hydroxyl groups excluding tert-OH is 1. The first-order chi connectivity index (χ1) is 7.82. The molecule has 1 saturated heterocycles. The lowest BCUT2D eigenvalue weighted by atomic mass is 10.1. The Labute approximate surface area is 99.4 Å². The Kier molecular flexibility index (Phi) is 4.30. The molecule has 98 valence electrons. The van der Waals surface area contributed by atoms with Gasteiger partial charge in [-0.25, -0.2) is 9.59 Å². The molecule has 0 aromatic heterocycles. The second-order valence-corrected chi connectivity index (χ2v) is 4.57. The SMILES string of the molecule is CC1(C)CN(C(=O)NC[C@H](O)C(=O)O)CCO1. The third kappa shape index (κ3) is 4.20. The molecule has 1 rings (SSSR count). The number of nitrogens with zero attached hydrogens (tertiary/aromatic N) is 1. The highest BCUT2D eigenvalue weighted by Crippen LogP contribution is 2.16. The number of urea groups is 1. The number of carboxylic acids is 1. The Morgan fingerprint density at radius 1 is 1.53 bits per heavy atom. The summed E-state index contributed by atoms with van der Waals surface area (Å²) in [6.07, 6.45) is -1.58. The van der Waals surface area contributed by atoms with Crippen molar-refractivity contribution in [1.29, 1.82) is 0 Å². The number of aliphatic hydroxyl groups is 1. The van der Waals surface area contributed by atoms with Crippen LogP contribution in [-0.2, 0) is 9.53 Å². The summed E-state index contributed by atoms with van der Waals surface area (Å²) < 4.78 is 5.44. The molecule has 0 unspecified atom stereocenters. The van der Waals surface area contributed by atoms with Crippen LogP contribution in [0.3, 0.4) is 0 Å². The number of carboxylic acid groups (broad SMARTS) is 1. The zero-order valence-electron chi connectivity index (χ0n) is 9.97. The number of rotatable bonds is 3. The van der Waals surface area contributed by atoms with Crippen LogP contribution in [0, 0.1) is 0 Å². The second-order valence-electron chi connectivity index (χ2n) is 4.57. The number of hydrogen-bond acceptors (Lipinski definition) is 4. The summed E-state index contributed by atoms with van der Waals surface area (Å²) in [5.41, 5.74) is -0.402. The lowest BCUT2D eigenvalue weighted by Gasteiger charge is -2.38.